The van der Waals surface area contributed by atoms with Gasteiger partial charge in [0.25, 0.3) is 5.76 Å². The molecule has 0 bridgehead atoms. The van der Waals surface area contributed by atoms with Crippen molar-refractivity contribution in [3.8, 4) is 17.3 Å². The molecule has 0 spiro atoms. The molecule has 0 aliphatic carbocycles. The molecule has 0 saturated heterocycles. The van der Waals surface area contributed by atoms with Crippen LogP contribution < -0.4 is 0 Å². The Kier molecular flexibility index (Phi) is 8.00. The van der Waals surface area contributed by atoms with Gasteiger partial charge in [-0.15, -0.1) is 0 Å². The zero-order chi connectivity index (χ0) is 24.2. The van der Waals surface area contributed by atoms with Gasteiger partial charge in [0.2, 0.25) is 0 Å². The number of aromatic nitrogens is 1. The summed E-state index contributed by atoms with van der Waals surface area (Å²) in [5, 5.41) is 9.55. The van der Waals surface area contributed by atoms with Crippen LogP contribution in [0.5, 0.6) is 0 Å². The summed E-state index contributed by atoms with van der Waals surface area (Å²) >= 11 is 6.80. The molecule has 170 valence electrons. The summed E-state index contributed by atoms with van der Waals surface area (Å²) in [5.41, 5.74) is -1.43. The molecule has 0 unspecified atom stereocenters. The first-order valence-corrected chi connectivity index (χ1v) is 11.3. The van der Waals surface area contributed by atoms with Crippen molar-refractivity contribution < 1.29 is 26.7 Å². The zero-order valence-corrected chi connectivity index (χ0v) is 18.8. The minimum atomic E-state index is -4.84. The van der Waals surface area contributed by atoms with Crippen LogP contribution in [0.3, 0.4) is 0 Å². The van der Waals surface area contributed by atoms with Gasteiger partial charge in [-0.2, -0.15) is 27.2 Å². The molecule has 11 heteroatoms. The number of ketones is 1. The highest BCUT2D eigenvalue weighted by molar-refractivity contribution is 8.00. The smallest absolute Gasteiger partial charge is 0.293 e. The van der Waals surface area contributed by atoms with E-state index in [0.717, 1.165) is 6.07 Å². The number of carbonyl (C=O) groups excluding carboxylic acids is 1. The second-order valence-electron chi connectivity index (χ2n) is 6.47. The van der Waals surface area contributed by atoms with Crippen molar-refractivity contribution in [3.63, 3.8) is 0 Å². The lowest BCUT2D eigenvalue weighted by atomic mass is 10.1. The van der Waals surface area contributed by atoms with Gasteiger partial charge in [-0.25, -0.2) is 4.98 Å². The SMILES string of the molecule is N#Cc1c(C(F)(F)F)cc(-c2ccc(SC(F)F)cc2)nc1SCC(=O)c1ccc(Cl)cc1. The molecule has 3 nitrogen and oxygen atoms in total. The summed E-state index contributed by atoms with van der Waals surface area (Å²) in [6.45, 7) is 0. The minimum Gasteiger partial charge on any atom is -0.293 e. The summed E-state index contributed by atoms with van der Waals surface area (Å²) in [7, 11) is 0. The molecule has 0 atom stereocenters. The topological polar surface area (TPSA) is 53.8 Å². The predicted molar refractivity (Wildman–Crippen MR) is 118 cm³/mol. The van der Waals surface area contributed by atoms with Crippen LogP contribution in [0.4, 0.5) is 22.0 Å². The average Bonchev–Trinajstić information content (AvgIpc) is 2.76. The number of rotatable bonds is 7. The van der Waals surface area contributed by atoms with E-state index >= 15 is 0 Å². The number of nitriles is 1. The largest absolute Gasteiger partial charge is 0.417 e. The maximum absolute atomic E-state index is 13.7. The van der Waals surface area contributed by atoms with Gasteiger partial charge >= 0.3 is 6.18 Å². The molecule has 0 amide bonds. The number of benzene rings is 2. The Balaban J connectivity index is 1.97. The van der Waals surface area contributed by atoms with E-state index in [0.29, 0.717) is 34.1 Å². The van der Waals surface area contributed by atoms with E-state index in [1.807, 2.05) is 0 Å². The fourth-order valence-electron chi connectivity index (χ4n) is 2.77. The standard InChI is InChI=1S/C22H12ClF5N2OS2/c23-14-5-1-13(2-6-14)19(31)11-32-20-16(10-29)17(22(26,27)28)9-18(30-20)12-3-7-15(8-4-12)33-21(24)25/h1-9,21H,11H2. The lowest BCUT2D eigenvalue weighted by molar-refractivity contribution is -0.138. The van der Waals surface area contributed by atoms with Crippen LogP contribution in [0, 0.1) is 11.3 Å². The lowest BCUT2D eigenvalue weighted by Gasteiger charge is -2.14. The number of hydrogen-bond acceptors (Lipinski definition) is 5. The fourth-order valence-corrected chi connectivity index (χ4v) is 4.29. The van der Waals surface area contributed by atoms with Gasteiger partial charge < -0.3 is 0 Å². The van der Waals surface area contributed by atoms with E-state index in [9.17, 15) is 32.0 Å². The molecule has 1 aromatic heterocycles. The molecule has 0 aliphatic heterocycles. The molecule has 2 aromatic carbocycles. The maximum atomic E-state index is 13.7. The minimum absolute atomic E-state index is 0.101. The number of hydrogen-bond donors (Lipinski definition) is 0. The van der Waals surface area contributed by atoms with Crippen molar-refractivity contribution in [1.82, 2.24) is 4.98 Å². The van der Waals surface area contributed by atoms with E-state index in [2.05, 4.69) is 4.98 Å². The van der Waals surface area contributed by atoms with Gasteiger partial charge in [0.1, 0.15) is 11.1 Å². The van der Waals surface area contributed by atoms with E-state index in [1.165, 1.54) is 54.6 Å². The Morgan fingerprint density at radius 3 is 2.27 bits per heavy atom. The third-order valence-corrected chi connectivity index (χ3v) is 6.23. The Labute approximate surface area is 199 Å². The number of thioether (sulfide) groups is 2. The number of pyridine rings is 1. The van der Waals surface area contributed by atoms with Crippen LogP contribution in [-0.4, -0.2) is 22.3 Å². The second kappa shape index (κ2) is 10.5. The Bertz CT molecular complexity index is 1190. The number of carbonyl (C=O) groups is 1. The van der Waals surface area contributed by atoms with Crippen LogP contribution in [0.1, 0.15) is 21.5 Å². The van der Waals surface area contributed by atoms with E-state index in [-0.39, 0.29) is 32.7 Å². The average molecular weight is 515 g/mol. The molecule has 0 fully saturated rings. The van der Waals surface area contributed by atoms with Crippen LogP contribution in [0.25, 0.3) is 11.3 Å². The zero-order valence-electron chi connectivity index (χ0n) is 16.4. The molecule has 0 aliphatic rings. The molecular weight excluding hydrogens is 503 g/mol. The van der Waals surface area contributed by atoms with Gasteiger partial charge in [-0.05, 0) is 42.5 Å². The van der Waals surface area contributed by atoms with Crippen LogP contribution in [0.2, 0.25) is 5.02 Å². The summed E-state index contributed by atoms with van der Waals surface area (Å²) in [6.07, 6.45) is -4.84. The lowest BCUT2D eigenvalue weighted by Crippen LogP contribution is -2.11. The molecule has 3 aromatic rings. The first kappa shape index (κ1) is 25.0. The number of alkyl halides is 5. The van der Waals surface area contributed by atoms with E-state index in [4.69, 9.17) is 11.6 Å². The van der Waals surface area contributed by atoms with E-state index < -0.39 is 23.1 Å². The molecular formula is C22H12ClF5N2OS2. The summed E-state index contributed by atoms with van der Waals surface area (Å²) in [6, 6.07) is 13.7. The number of halogens is 6. The maximum Gasteiger partial charge on any atom is 0.417 e. The van der Waals surface area contributed by atoms with Crippen molar-refractivity contribution in [2.75, 3.05) is 5.75 Å². The van der Waals surface area contributed by atoms with Crippen molar-refractivity contribution >= 4 is 40.9 Å². The normalized spacial score (nSPS) is 11.5. The van der Waals surface area contributed by atoms with Crippen molar-refractivity contribution in [1.29, 1.82) is 5.26 Å². The number of nitrogens with zero attached hydrogens (tertiary/aromatic N) is 2. The number of Topliss-reactive ketones (excluding diaryl/α,β-unsaturated/α-hetero) is 1. The van der Waals surface area contributed by atoms with Crippen LogP contribution >= 0.6 is 35.1 Å². The van der Waals surface area contributed by atoms with Crippen molar-refractivity contribution in [2.24, 2.45) is 0 Å². The Morgan fingerprint density at radius 2 is 1.73 bits per heavy atom. The molecule has 0 N–H and O–H groups in total. The Morgan fingerprint density at radius 1 is 1.09 bits per heavy atom. The van der Waals surface area contributed by atoms with Gasteiger partial charge in [-0.1, -0.05) is 47.3 Å². The van der Waals surface area contributed by atoms with Gasteiger partial charge in [0, 0.05) is 21.0 Å². The monoisotopic (exact) mass is 514 g/mol. The summed E-state index contributed by atoms with van der Waals surface area (Å²) in [5.74, 6) is -3.27. The third-order valence-electron chi connectivity index (χ3n) is 4.28. The second-order valence-corrected chi connectivity index (χ2v) is 8.93. The fraction of sp³-hybridized carbons (Fsp3) is 0.136. The van der Waals surface area contributed by atoms with Crippen molar-refractivity contribution in [3.05, 3.63) is 76.3 Å². The highest BCUT2D eigenvalue weighted by Crippen LogP contribution is 2.38. The predicted octanol–water partition coefficient (Wildman–Crippen LogP) is 7.58. The van der Waals surface area contributed by atoms with Gasteiger partial charge in [0.05, 0.1) is 22.6 Å². The molecule has 33 heavy (non-hydrogen) atoms. The summed E-state index contributed by atoms with van der Waals surface area (Å²) < 4.78 is 66.0. The molecule has 0 saturated carbocycles. The Hall–Kier alpha value is -2.61. The highest BCUT2D eigenvalue weighted by atomic mass is 35.5. The van der Waals surface area contributed by atoms with E-state index in [1.54, 1.807) is 0 Å². The first-order valence-electron chi connectivity index (χ1n) is 9.07. The van der Waals surface area contributed by atoms with Crippen LogP contribution in [-0.2, 0) is 6.18 Å². The molecule has 3 rings (SSSR count). The van der Waals surface area contributed by atoms with Gasteiger partial charge in [-0.3, -0.25) is 4.79 Å². The molecule has 1 heterocycles. The van der Waals surface area contributed by atoms with Crippen molar-refractivity contribution in [2.45, 2.75) is 21.9 Å². The molecule has 0 radical (unpaired) electrons. The highest BCUT2D eigenvalue weighted by Gasteiger charge is 2.36. The van der Waals surface area contributed by atoms with Crippen LogP contribution in [0.15, 0.2) is 64.5 Å². The third kappa shape index (κ3) is 6.47. The van der Waals surface area contributed by atoms with Gasteiger partial charge in [0.15, 0.2) is 5.78 Å². The quantitative estimate of drug-likeness (QED) is 0.185. The summed E-state index contributed by atoms with van der Waals surface area (Å²) in [4.78, 5) is 16.8. The first-order chi connectivity index (χ1) is 15.6.